The highest BCUT2D eigenvalue weighted by Gasteiger charge is 2.16. The normalized spacial score (nSPS) is 10.7. The Morgan fingerprint density at radius 2 is 1.60 bits per heavy atom. The topological polar surface area (TPSA) is 17.1 Å². The molecule has 0 fully saturated rings. The van der Waals surface area contributed by atoms with Gasteiger partial charge < -0.3 is 0 Å². The van der Waals surface area contributed by atoms with Crippen molar-refractivity contribution < 1.29 is 9.18 Å². The third-order valence-electron chi connectivity index (χ3n) is 3.67. The minimum absolute atomic E-state index is 0.166. The third-order valence-corrected chi connectivity index (χ3v) is 3.67. The summed E-state index contributed by atoms with van der Waals surface area (Å²) in [6.45, 7) is 7.70. The van der Waals surface area contributed by atoms with Crippen molar-refractivity contribution in [2.45, 2.75) is 34.1 Å². The van der Waals surface area contributed by atoms with Crippen LogP contribution >= 0.6 is 0 Å². The highest BCUT2D eigenvalue weighted by atomic mass is 19.1. The number of hydrogen-bond acceptors (Lipinski definition) is 1. The average molecular weight is 270 g/mol. The van der Waals surface area contributed by atoms with E-state index < -0.39 is 5.82 Å². The summed E-state index contributed by atoms with van der Waals surface area (Å²) < 4.78 is 14.0. The summed E-state index contributed by atoms with van der Waals surface area (Å²) in [5.74, 6) is -0.568. The highest BCUT2D eigenvalue weighted by molar-refractivity contribution is 5.98. The second-order valence-corrected chi connectivity index (χ2v) is 5.41. The Balaban J connectivity index is 2.36. The number of rotatable bonds is 3. The van der Waals surface area contributed by atoms with Crippen molar-refractivity contribution in [3.8, 4) is 0 Å². The predicted octanol–water partition coefficient (Wildman–Crippen LogP) is 4.48. The van der Waals surface area contributed by atoms with Gasteiger partial charge in [-0.25, -0.2) is 4.39 Å². The van der Waals surface area contributed by atoms with Crippen LogP contribution in [0.4, 0.5) is 4.39 Å². The SMILES string of the molecule is Cc1cc(C)c(CC(=O)c2cccc(C)c2F)c(C)c1. The van der Waals surface area contributed by atoms with Crippen molar-refractivity contribution in [1.29, 1.82) is 0 Å². The minimum Gasteiger partial charge on any atom is -0.294 e. The molecule has 1 nitrogen and oxygen atoms in total. The Morgan fingerprint density at radius 1 is 1.00 bits per heavy atom. The second kappa shape index (κ2) is 5.58. The lowest BCUT2D eigenvalue weighted by Gasteiger charge is -2.11. The molecule has 0 aliphatic carbocycles. The Labute approximate surface area is 119 Å². The number of benzene rings is 2. The van der Waals surface area contributed by atoms with Gasteiger partial charge >= 0.3 is 0 Å². The fourth-order valence-electron chi connectivity index (χ4n) is 2.61. The molecule has 2 aromatic rings. The van der Waals surface area contributed by atoms with Crippen LogP contribution in [0.25, 0.3) is 0 Å². The van der Waals surface area contributed by atoms with Crippen LogP contribution in [0, 0.1) is 33.5 Å². The maximum Gasteiger partial charge on any atom is 0.170 e. The average Bonchev–Trinajstić information content (AvgIpc) is 2.36. The largest absolute Gasteiger partial charge is 0.294 e. The Morgan fingerprint density at radius 3 is 2.20 bits per heavy atom. The van der Waals surface area contributed by atoms with Gasteiger partial charge in [0.25, 0.3) is 0 Å². The zero-order valence-corrected chi connectivity index (χ0v) is 12.4. The molecule has 0 unspecified atom stereocenters. The molecule has 0 radical (unpaired) electrons. The van der Waals surface area contributed by atoms with Crippen molar-refractivity contribution in [3.05, 3.63) is 69.5 Å². The first-order valence-electron chi connectivity index (χ1n) is 6.75. The summed E-state index contributed by atoms with van der Waals surface area (Å²) in [6, 6.07) is 9.07. The van der Waals surface area contributed by atoms with Crippen molar-refractivity contribution in [2.24, 2.45) is 0 Å². The summed E-state index contributed by atoms with van der Waals surface area (Å²) >= 11 is 0. The van der Waals surface area contributed by atoms with E-state index in [1.165, 1.54) is 5.56 Å². The van der Waals surface area contributed by atoms with Gasteiger partial charge in [-0.05, 0) is 56.0 Å². The van der Waals surface area contributed by atoms with Crippen LogP contribution in [0.2, 0.25) is 0 Å². The van der Waals surface area contributed by atoms with Crippen molar-refractivity contribution >= 4 is 5.78 Å². The number of halogens is 1. The molecule has 0 spiro atoms. The Kier molecular flexibility index (Phi) is 4.03. The van der Waals surface area contributed by atoms with E-state index in [1.54, 1.807) is 25.1 Å². The molecule has 2 aromatic carbocycles. The second-order valence-electron chi connectivity index (χ2n) is 5.41. The van der Waals surface area contributed by atoms with Crippen LogP contribution in [-0.4, -0.2) is 5.78 Å². The van der Waals surface area contributed by atoms with Crippen LogP contribution in [0.3, 0.4) is 0 Å². The minimum atomic E-state index is -0.403. The van der Waals surface area contributed by atoms with Gasteiger partial charge in [-0.3, -0.25) is 4.79 Å². The summed E-state index contributed by atoms with van der Waals surface area (Å²) in [5.41, 5.74) is 5.05. The zero-order valence-electron chi connectivity index (χ0n) is 12.4. The maximum atomic E-state index is 14.0. The van der Waals surface area contributed by atoms with Gasteiger partial charge in [0, 0.05) is 6.42 Å². The molecular weight excluding hydrogens is 251 g/mol. The number of Topliss-reactive ketones (excluding diaryl/α,β-unsaturated/α-hetero) is 1. The molecule has 0 saturated heterocycles. The smallest absolute Gasteiger partial charge is 0.170 e. The Bertz CT molecular complexity index is 648. The molecule has 2 heteroatoms. The van der Waals surface area contributed by atoms with Gasteiger partial charge in [0.05, 0.1) is 5.56 Å². The van der Waals surface area contributed by atoms with E-state index in [-0.39, 0.29) is 17.8 Å². The fourth-order valence-corrected chi connectivity index (χ4v) is 2.61. The molecule has 0 N–H and O–H groups in total. The van der Waals surface area contributed by atoms with Crippen LogP contribution < -0.4 is 0 Å². The molecular formula is C18H19FO. The lowest BCUT2D eigenvalue weighted by Crippen LogP contribution is -2.09. The van der Waals surface area contributed by atoms with Gasteiger partial charge in [-0.15, -0.1) is 0 Å². The van der Waals surface area contributed by atoms with E-state index >= 15 is 0 Å². The van der Waals surface area contributed by atoms with Gasteiger partial charge in [0.2, 0.25) is 0 Å². The number of carbonyl (C=O) groups excluding carboxylic acids is 1. The molecule has 2 rings (SSSR count). The quantitative estimate of drug-likeness (QED) is 0.751. The maximum absolute atomic E-state index is 14.0. The Hall–Kier alpha value is -1.96. The summed E-state index contributed by atoms with van der Waals surface area (Å²) in [7, 11) is 0. The van der Waals surface area contributed by atoms with Crippen LogP contribution in [-0.2, 0) is 6.42 Å². The number of carbonyl (C=O) groups is 1. The first kappa shape index (κ1) is 14.4. The van der Waals surface area contributed by atoms with E-state index in [9.17, 15) is 9.18 Å². The standard InChI is InChI=1S/C18H19FO/c1-11-8-13(3)16(14(4)9-11)10-17(20)15-7-5-6-12(2)18(15)19/h5-9H,10H2,1-4H3. The lowest BCUT2D eigenvalue weighted by atomic mass is 9.93. The molecule has 20 heavy (non-hydrogen) atoms. The van der Waals surface area contributed by atoms with E-state index in [4.69, 9.17) is 0 Å². The van der Waals surface area contributed by atoms with Gasteiger partial charge in [-0.1, -0.05) is 29.8 Å². The summed E-state index contributed by atoms with van der Waals surface area (Å²) in [4.78, 5) is 12.3. The summed E-state index contributed by atoms with van der Waals surface area (Å²) in [5, 5.41) is 0. The molecule has 0 heterocycles. The highest BCUT2D eigenvalue weighted by Crippen LogP contribution is 2.20. The number of hydrogen-bond donors (Lipinski definition) is 0. The van der Waals surface area contributed by atoms with Crippen LogP contribution in [0.1, 0.15) is 38.2 Å². The van der Waals surface area contributed by atoms with Crippen molar-refractivity contribution in [2.75, 3.05) is 0 Å². The van der Waals surface area contributed by atoms with Gasteiger partial charge in [-0.2, -0.15) is 0 Å². The van der Waals surface area contributed by atoms with E-state index in [0.717, 1.165) is 16.7 Å². The monoisotopic (exact) mass is 270 g/mol. The van der Waals surface area contributed by atoms with Gasteiger partial charge in [0.1, 0.15) is 5.82 Å². The first-order chi connectivity index (χ1) is 9.40. The van der Waals surface area contributed by atoms with Crippen LogP contribution in [0.5, 0.6) is 0 Å². The fraction of sp³-hybridized carbons (Fsp3) is 0.278. The zero-order chi connectivity index (χ0) is 14.9. The van der Waals surface area contributed by atoms with Crippen molar-refractivity contribution in [1.82, 2.24) is 0 Å². The van der Waals surface area contributed by atoms with E-state index in [2.05, 4.69) is 12.1 Å². The lowest BCUT2D eigenvalue weighted by molar-refractivity contribution is 0.0988. The molecule has 0 aliphatic rings. The molecule has 0 amide bonds. The molecule has 0 bridgehead atoms. The number of aryl methyl sites for hydroxylation is 4. The third kappa shape index (κ3) is 2.79. The van der Waals surface area contributed by atoms with E-state index in [1.807, 2.05) is 20.8 Å². The molecule has 104 valence electrons. The number of ketones is 1. The van der Waals surface area contributed by atoms with Crippen LogP contribution in [0.15, 0.2) is 30.3 Å². The predicted molar refractivity (Wildman–Crippen MR) is 79.8 cm³/mol. The molecule has 0 aromatic heterocycles. The van der Waals surface area contributed by atoms with E-state index in [0.29, 0.717) is 5.56 Å². The molecule has 0 saturated carbocycles. The molecule has 0 aliphatic heterocycles. The summed E-state index contributed by atoms with van der Waals surface area (Å²) in [6.07, 6.45) is 0.248. The van der Waals surface area contributed by atoms with Crippen molar-refractivity contribution in [3.63, 3.8) is 0 Å². The van der Waals surface area contributed by atoms with Gasteiger partial charge in [0.15, 0.2) is 5.78 Å². The first-order valence-corrected chi connectivity index (χ1v) is 6.75. The molecule has 0 atom stereocenters.